The van der Waals surface area contributed by atoms with Crippen LogP contribution in [0.2, 0.25) is 0 Å². The van der Waals surface area contributed by atoms with Crippen molar-refractivity contribution in [2.24, 2.45) is 0 Å². The summed E-state index contributed by atoms with van der Waals surface area (Å²) in [6.07, 6.45) is 0.900. The van der Waals surface area contributed by atoms with Gasteiger partial charge in [0.15, 0.2) is 0 Å². The van der Waals surface area contributed by atoms with Gasteiger partial charge in [-0.1, -0.05) is 25.1 Å². The van der Waals surface area contributed by atoms with E-state index in [2.05, 4.69) is 17.3 Å². The SMILES string of the molecule is CCc1cccc(C)c1NC(=O)Cn1nc(C)cc1C. The number of hydrogen-bond acceptors (Lipinski definition) is 2. The number of rotatable bonds is 4. The van der Waals surface area contributed by atoms with Crippen LogP contribution in [0.1, 0.15) is 29.4 Å². The Morgan fingerprint density at radius 3 is 2.65 bits per heavy atom. The summed E-state index contributed by atoms with van der Waals surface area (Å²) in [5, 5.41) is 7.33. The zero-order valence-electron chi connectivity index (χ0n) is 12.5. The summed E-state index contributed by atoms with van der Waals surface area (Å²) in [7, 11) is 0. The molecule has 106 valence electrons. The molecule has 1 N–H and O–H groups in total. The van der Waals surface area contributed by atoms with Gasteiger partial charge >= 0.3 is 0 Å². The Kier molecular flexibility index (Phi) is 4.23. The molecule has 1 heterocycles. The molecule has 0 aliphatic rings. The first-order chi connectivity index (χ1) is 9.51. The van der Waals surface area contributed by atoms with Crippen molar-refractivity contribution in [2.45, 2.75) is 40.7 Å². The molecule has 0 saturated heterocycles. The summed E-state index contributed by atoms with van der Waals surface area (Å²) < 4.78 is 1.73. The molecular weight excluding hydrogens is 250 g/mol. The molecule has 0 fully saturated rings. The zero-order valence-corrected chi connectivity index (χ0v) is 12.5. The van der Waals surface area contributed by atoms with Gasteiger partial charge in [0, 0.05) is 11.4 Å². The monoisotopic (exact) mass is 271 g/mol. The summed E-state index contributed by atoms with van der Waals surface area (Å²) in [4.78, 5) is 12.2. The van der Waals surface area contributed by atoms with E-state index >= 15 is 0 Å². The van der Waals surface area contributed by atoms with Gasteiger partial charge in [-0.25, -0.2) is 0 Å². The number of carbonyl (C=O) groups is 1. The van der Waals surface area contributed by atoms with E-state index in [-0.39, 0.29) is 12.5 Å². The molecule has 0 saturated carbocycles. The van der Waals surface area contributed by atoms with Gasteiger partial charge in [-0.05, 0) is 44.4 Å². The quantitative estimate of drug-likeness (QED) is 0.929. The third-order valence-corrected chi connectivity index (χ3v) is 3.40. The average Bonchev–Trinajstić information content (AvgIpc) is 2.70. The van der Waals surface area contributed by atoms with Crippen LogP contribution in [0.3, 0.4) is 0 Å². The van der Waals surface area contributed by atoms with Crippen LogP contribution < -0.4 is 5.32 Å². The number of para-hydroxylation sites is 1. The standard InChI is InChI=1S/C16H21N3O/c1-5-14-8-6-7-11(2)16(14)17-15(20)10-19-13(4)9-12(3)18-19/h6-9H,5,10H2,1-4H3,(H,17,20). The van der Waals surface area contributed by atoms with Crippen LogP contribution in [-0.4, -0.2) is 15.7 Å². The van der Waals surface area contributed by atoms with Crippen LogP contribution in [0, 0.1) is 20.8 Å². The van der Waals surface area contributed by atoms with Crippen LogP contribution >= 0.6 is 0 Å². The number of nitrogens with zero attached hydrogens (tertiary/aromatic N) is 2. The van der Waals surface area contributed by atoms with Crippen molar-refractivity contribution in [3.05, 3.63) is 46.8 Å². The Morgan fingerprint density at radius 2 is 2.05 bits per heavy atom. The van der Waals surface area contributed by atoms with Gasteiger partial charge in [-0.2, -0.15) is 5.10 Å². The third-order valence-electron chi connectivity index (χ3n) is 3.40. The normalized spacial score (nSPS) is 10.6. The zero-order chi connectivity index (χ0) is 14.7. The Bertz CT molecular complexity index is 629. The fraction of sp³-hybridized carbons (Fsp3) is 0.375. The molecule has 0 aliphatic carbocycles. The predicted molar refractivity (Wildman–Crippen MR) is 80.9 cm³/mol. The molecule has 0 aliphatic heterocycles. The van der Waals surface area contributed by atoms with Crippen molar-refractivity contribution in [1.29, 1.82) is 0 Å². The summed E-state index contributed by atoms with van der Waals surface area (Å²) >= 11 is 0. The van der Waals surface area contributed by atoms with Crippen LogP contribution in [0.4, 0.5) is 5.69 Å². The number of anilines is 1. The van der Waals surface area contributed by atoms with Gasteiger partial charge in [0.05, 0.1) is 5.69 Å². The van der Waals surface area contributed by atoms with Gasteiger partial charge in [0.2, 0.25) is 5.91 Å². The molecule has 1 aromatic heterocycles. The smallest absolute Gasteiger partial charge is 0.246 e. The van der Waals surface area contributed by atoms with E-state index < -0.39 is 0 Å². The fourth-order valence-electron chi connectivity index (χ4n) is 2.35. The van der Waals surface area contributed by atoms with E-state index in [9.17, 15) is 4.79 Å². The van der Waals surface area contributed by atoms with Crippen LogP contribution in [0.15, 0.2) is 24.3 Å². The highest BCUT2D eigenvalue weighted by atomic mass is 16.2. The lowest BCUT2D eigenvalue weighted by molar-refractivity contribution is -0.116. The van der Waals surface area contributed by atoms with Gasteiger partial charge < -0.3 is 5.32 Å². The molecule has 1 aromatic carbocycles. The first-order valence-electron chi connectivity index (χ1n) is 6.90. The van der Waals surface area contributed by atoms with E-state index in [1.165, 1.54) is 0 Å². The number of aromatic nitrogens is 2. The highest BCUT2D eigenvalue weighted by Crippen LogP contribution is 2.21. The summed E-state index contributed by atoms with van der Waals surface area (Å²) in [5.41, 5.74) is 5.11. The molecule has 4 nitrogen and oxygen atoms in total. The first kappa shape index (κ1) is 14.3. The predicted octanol–water partition coefficient (Wildman–Crippen LogP) is 3.01. The highest BCUT2D eigenvalue weighted by Gasteiger charge is 2.11. The van der Waals surface area contributed by atoms with Crippen molar-refractivity contribution in [3.8, 4) is 0 Å². The van der Waals surface area contributed by atoms with Crippen molar-refractivity contribution >= 4 is 11.6 Å². The maximum atomic E-state index is 12.2. The largest absolute Gasteiger partial charge is 0.324 e. The lowest BCUT2D eigenvalue weighted by Gasteiger charge is -2.13. The van der Waals surface area contributed by atoms with Crippen LogP contribution in [-0.2, 0) is 17.8 Å². The number of nitrogens with one attached hydrogen (secondary N) is 1. The Hall–Kier alpha value is -2.10. The fourth-order valence-corrected chi connectivity index (χ4v) is 2.35. The minimum atomic E-state index is -0.0415. The molecule has 1 amide bonds. The lowest BCUT2D eigenvalue weighted by atomic mass is 10.1. The van der Waals surface area contributed by atoms with Gasteiger partial charge in [0.25, 0.3) is 0 Å². The Balaban J connectivity index is 2.14. The maximum absolute atomic E-state index is 12.2. The van der Waals surface area contributed by atoms with Crippen LogP contribution in [0.25, 0.3) is 0 Å². The Morgan fingerprint density at radius 1 is 1.30 bits per heavy atom. The van der Waals surface area contributed by atoms with Crippen LogP contribution in [0.5, 0.6) is 0 Å². The minimum absolute atomic E-state index is 0.0415. The molecule has 2 rings (SSSR count). The first-order valence-corrected chi connectivity index (χ1v) is 6.90. The third kappa shape index (κ3) is 3.07. The minimum Gasteiger partial charge on any atom is -0.324 e. The van der Waals surface area contributed by atoms with Crippen molar-refractivity contribution in [2.75, 3.05) is 5.32 Å². The van der Waals surface area contributed by atoms with Gasteiger partial charge in [-0.15, -0.1) is 0 Å². The number of aryl methyl sites for hydroxylation is 4. The molecule has 0 bridgehead atoms. The molecule has 0 unspecified atom stereocenters. The molecule has 0 spiro atoms. The maximum Gasteiger partial charge on any atom is 0.246 e. The Labute approximate surface area is 119 Å². The van der Waals surface area contributed by atoms with E-state index in [0.717, 1.165) is 34.6 Å². The molecule has 4 heteroatoms. The number of hydrogen-bond donors (Lipinski definition) is 1. The second-order valence-corrected chi connectivity index (χ2v) is 5.10. The second-order valence-electron chi connectivity index (χ2n) is 5.10. The molecule has 0 atom stereocenters. The van der Waals surface area contributed by atoms with E-state index in [1.54, 1.807) is 4.68 Å². The second kappa shape index (κ2) is 5.90. The average molecular weight is 271 g/mol. The van der Waals surface area contributed by atoms with Crippen molar-refractivity contribution in [1.82, 2.24) is 9.78 Å². The topological polar surface area (TPSA) is 46.9 Å². The number of benzene rings is 1. The summed E-state index contributed by atoms with van der Waals surface area (Å²) in [6, 6.07) is 8.05. The van der Waals surface area contributed by atoms with E-state index in [0.29, 0.717) is 0 Å². The highest BCUT2D eigenvalue weighted by molar-refractivity contribution is 5.92. The van der Waals surface area contributed by atoms with Gasteiger partial charge in [0.1, 0.15) is 6.54 Å². The van der Waals surface area contributed by atoms with Crippen molar-refractivity contribution in [3.63, 3.8) is 0 Å². The van der Waals surface area contributed by atoms with E-state index in [4.69, 9.17) is 0 Å². The van der Waals surface area contributed by atoms with Crippen molar-refractivity contribution < 1.29 is 4.79 Å². The summed E-state index contributed by atoms with van der Waals surface area (Å²) in [5.74, 6) is -0.0415. The molecule has 0 radical (unpaired) electrons. The van der Waals surface area contributed by atoms with Gasteiger partial charge in [-0.3, -0.25) is 9.48 Å². The molecule has 20 heavy (non-hydrogen) atoms. The lowest BCUT2D eigenvalue weighted by Crippen LogP contribution is -2.21. The number of amides is 1. The molecular formula is C16H21N3O. The molecule has 2 aromatic rings. The number of carbonyl (C=O) groups excluding carboxylic acids is 1. The summed E-state index contributed by atoms with van der Waals surface area (Å²) in [6.45, 7) is 8.23. The van der Waals surface area contributed by atoms with E-state index in [1.807, 2.05) is 45.0 Å².